The van der Waals surface area contributed by atoms with Gasteiger partial charge in [0.2, 0.25) is 5.05 Å². The van der Waals surface area contributed by atoms with Gasteiger partial charge in [-0.15, -0.1) is 0 Å². The summed E-state index contributed by atoms with van der Waals surface area (Å²) in [6, 6.07) is 8.44. The van der Waals surface area contributed by atoms with E-state index in [9.17, 15) is 0 Å². The zero-order valence-corrected chi connectivity index (χ0v) is 11.9. The SMILES string of the molecule is S=C(Oc1ccc(Cl)cc1)c1cc(Cl)cnc1Cl. The second kappa shape index (κ2) is 5.85. The van der Waals surface area contributed by atoms with Crippen molar-refractivity contribution in [2.75, 3.05) is 0 Å². The highest BCUT2D eigenvalue weighted by molar-refractivity contribution is 7.80. The number of hydrogen-bond donors (Lipinski definition) is 0. The van der Waals surface area contributed by atoms with Crippen LogP contribution in [0.1, 0.15) is 5.56 Å². The molecule has 0 fully saturated rings. The molecule has 92 valence electrons. The van der Waals surface area contributed by atoms with Crippen LogP contribution in [-0.2, 0) is 0 Å². The molecule has 0 bridgehead atoms. The zero-order valence-electron chi connectivity index (χ0n) is 8.86. The van der Waals surface area contributed by atoms with Crippen LogP contribution in [0.25, 0.3) is 0 Å². The Morgan fingerprint density at radius 1 is 1.06 bits per heavy atom. The number of halogens is 3. The van der Waals surface area contributed by atoms with Crippen molar-refractivity contribution in [1.82, 2.24) is 4.98 Å². The predicted molar refractivity (Wildman–Crippen MR) is 78.0 cm³/mol. The van der Waals surface area contributed by atoms with Gasteiger partial charge in [0, 0.05) is 11.2 Å². The third-order valence-corrected chi connectivity index (χ3v) is 3.11. The first-order valence-corrected chi connectivity index (χ1v) is 6.39. The van der Waals surface area contributed by atoms with Gasteiger partial charge in [-0.3, -0.25) is 0 Å². The fraction of sp³-hybridized carbons (Fsp3) is 0. The molecular weight excluding hydrogens is 313 g/mol. The summed E-state index contributed by atoms with van der Waals surface area (Å²) >= 11 is 22.7. The first-order valence-electron chi connectivity index (χ1n) is 4.85. The number of benzene rings is 1. The minimum absolute atomic E-state index is 0.206. The average molecular weight is 319 g/mol. The van der Waals surface area contributed by atoms with Crippen molar-refractivity contribution in [3.8, 4) is 5.75 Å². The molecule has 0 aliphatic carbocycles. The number of aromatic nitrogens is 1. The zero-order chi connectivity index (χ0) is 13.1. The van der Waals surface area contributed by atoms with Crippen LogP contribution in [0.2, 0.25) is 15.2 Å². The number of nitrogens with zero attached hydrogens (tertiary/aromatic N) is 1. The molecule has 0 N–H and O–H groups in total. The van der Waals surface area contributed by atoms with Gasteiger partial charge in [-0.05, 0) is 42.5 Å². The van der Waals surface area contributed by atoms with Crippen LogP contribution in [0, 0.1) is 0 Å². The van der Waals surface area contributed by atoms with E-state index >= 15 is 0 Å². The minimum Gasteiger partial charge on any atom is -0.445 e. The van der Waals surface area contributed by atoms with Crippen molar-refractivity contribution in [2.24, 2.45) is 0 Å². The normalized spacial score (nSPS) is 10.2. The molecule has 2 aromatic rings. The molecule has 0 atom stereocenters. The van der Waals surface area contributed by atoms with Crippen molar-refractivity contribution < 1.29 is 4.74 Å². The van der Waals surface area contributed by atoms with Gasteiger partial charge in [0.05, 0.1) is 10.6 Å². The Morgan fingerprint density at radius 3 is 2.39 bits per heavy atom. The molecule has 0 aliphatic heterocycles. The predicted octanol–water partition coefficient (Wildman–Crippen LogP) is 4.80. The Kier molecular flexibility index (Phi) is 4.40. The van der Waals surface area contributed by atoms with E-state index in [1.54, 1.807) is 30.3 Å². The highest BCUT2D eigenvalue weighted by atomic mass is 35.5. The maximum Gasteiger partial charge on any atom is 0.201 e. The summed E-state index contributed by atoms with van der Waals surface area (Å²) in [5, 5.41) is 1.52. The minimum atomic E-state index is 0.206. The van der Waals surface area contributed by atoms with E-state index in [-0.39, 0.29) is 10.2 Å². The van der Waals surface area contributed by atoms with Gasteiger partial charge < -0.3 is 4.74 Å². The van der Waals surface area contributed by atoms with Crippen molar-refractivity contribution in [3.63, 3.8) is 0 Å². The van der Waals surface area contributed by atoms with Crippen LogP contribution in [-0.4, -0.2) is 10.0 Å². The molecule has 0 aliphatic rings. The van der Waals surface area contributed by atoms with Gasteiger partial charge >= 0.3 is 0 Å². The Morgan fingerprint density at radius 2 is 1.72 bits per heavy atom. The third kappa shape index (κ3) is 3.33. The van der Waals surface area contributed by atoms with Crippen LogP contribution in [0.15, 0.2) is 36.5 Å². The Hall–Kier alpha value is -0.870. The van der Waals surface area contributed by atoms with Crippen molar-refractivity contribution in [1.29, 1.82) is 0 Å². The van der Waals surface area contributed by atoms with Gasteiger partial charge in [-0.1, -0.05) is 34.8 Å². The average Bonchev–Trinajstić information content (AvgIpc) is 2.35. The maximum absolute atomic E-state index is 5.92. The summed E-state index contributed by atoms with van der Waals surface area (Å²) in [7, 11) is 0. The summed E-state index contributed by atoms with van der Waals surface area (Å²) in [6.07, 6.45) is 1.44. The van der Waals surface area contributed by atoms with Crippen LogP contribution >= 0.6 is 47.0 Å². The highest BCUT2D eigenvalue weighted by Crippen LogP contribution is 2.22. The summed E-state index contributed by atoms with van der Waals surface area (Å²) in [5.41, 5.74) is 0.481. The van der Waals surface area contributed by atoms with E-state index < -0.39 is 0 Å². The van der Waals surface area contributed by atoms with E-state index in [4.69, 9.17) is 51.8 Å². The van der Waals surface area contributed by atoms with Gasteiger partial charge in [0.25, 0.3) is 0 Å². The molecule has 2 nitrogen and oxygen atoms in total. The smallest absolute Gasteiger partial charge is 0.201 e. The molecule has 1 aromatic carbocycles. The fourth-order valence-electron chi connectivity index (χ4n) is 1.23. The lowest BCUT2D eigenvalue weighted by atomic mass is 10.3. The molecule has 1 aromatic heterocycles. The van der Waals surface area contributed by atoms with E-state index in [2.05, 4.69) is 4.98 Å². The standard InChI is InChI=1S/C12H6Cl3NOS/c13-7-1-3-9(4-2-7)17-12(18)10-5-8(14)6-16-11(10)15/h1-6H. The van der Waals surface area contributed by atoms with Gasteiger partial charge in [0.15, 0.2) is 0 Å². The van der Waals surface area contributed by atoms with E-state index in [0.29, 0.717) is 21.4 Å². The molecule has 0 amide bonds. The highest BCUT2D eigenvalue weighted by Gasteiger charge is 2.10. The first-order chi connectivity index (χ1) is 8.56. The second-order valence-corrected chi connectivity index (χ2v) is 4.94. The maximum atomic E-state index is 5.92. The number of ether oxygens (including phenoxy) is 1. The van der Waals surface area contributed by atoms with E-state index in [1.807, 2.05) is 0 Å². The molecule has 0 saturated heterocycles. The monoisotopic (exact) mass is 317 g/mol. The number of hydrogen-bond acceptors (Lipinski definition) is 3. The Balaban J connectivity index is 2.21. The molecule has 0 unspecified atom stereocenters. The lowest BCUT2D eigenvalue weighted by molar-refractivity contribution is 0.566. The van der Waals surface area contributed by atoms with Crippen molar-refractivity contribution in [2.45, 2.75) is 0 Å². The molecule has 2 rings (SSSR count). The van der Waals surface area contributed by atoms with Gasteiger partial charge in [0.1, 0.15) is 10.9 Å². The second-order valence-electron chi connectivity index (χ2n) is 3.34. The van der Waals surface area contributed by atoms with Gasteiger partial charge in [-0.25, -0.2) is 4.98 Å². The van der Waals surface area contributed by atoms with E-state index in [0.717, 1.165) is 0 Å². The van der Waals surface area contributed by atoms with Crippen LogP contribution < -0.4 is 4.74 Å². The summed E-state index contributed by atoms with van der Waals surface area (Å²) in [6.45, 7) is 0. The molecule has 0 radical (unpaired) electrons. The number of rotatable bonds is 2. The number of thiocarbonyl (C=S) groups is 1. The topological polar surface area (TPSA) is 22.1 Å². The molecular formula is C12H6Cl3NOS. The van der Waals surface area contributed by atoms with Crippen molar-refractivity contribution in [3.05, 3.63) is 57.3 Å². The fourth-order valence-corrected chi connectivity index (χ4v) is 2.01. The van der Waals surface area contributed by atoms with Crippen LogP contribution in [0.3, 0.4) is 0 Å². The van der Waals surface area contributed by atoms with Crippen molar-refractivity contribution >= 4 is 52.1 Å². The third-order valence-electron chi connectivity index (χ3n) is 2.05. The summed E-state index contributed by atoms with van der Waals surface area (Å²) in [5.74, 6) is 0.570. The first kappa shape index (κ1) is 13.6. The lowest BCUT2D eigenvalue weighted by Crippen LogP contribution is -2.08. The quantitative estimate of drug-likeness (QED) is 0.587. The molecule has 6 heteroatoms. The molecule has 1 heterocycles. The molecule has 0 saturated carbocycles. The Bertz CT molecular complexity index is 586. The van der Waals surface area contributed by atoms with Crippen LogP contribution in [0.5, 0.6) is 5.75 Å². The largest absolute Gasteiger partial charge is 0.445 e. The van der Waals surface area contributed by atoms with E-state index in [1.165, 1.54) is 6.20 Å². The number of pyridine rings is 1. The molecule has 18 heavy (non-hydrogen) atoms. The van der Waals surface area contributed by atoms with Crippen LogP contribution in [0.4, 0.5) is 0 Å². The Labute approximate surface area is 124 Å². The summed E-state index contributed by atoms with van der Waals surface area (Å²) in [4.78, 5) is 3.90. The lowest BCUT2D eigenvalue weighted by Gasteiger charge is -2.08. The van der Waals surface area contributed by atoms with Gasteiger partial charge in [-0.2, -0.15) is 0 Å². The summed E-state index contributed by atoms with van der Waals surface area (Å²) < 4.78 is 5.48. The molecule has 0 spiro atoms.